The lowest BCUT2D eigenvalue weighted by Crippen LogP contribution is -2.31. The summed E-state index contributed by atoms with van der Waals surface area (Å²) in [5.41, 5.74) is 0.184. The first-order valence-corrected chi connectivity index (χ1v) is 7.23. The van der Waals surface area contributed by atoms with E-state index in [1.165, 1.54) is 19.1 Å². The molecule has 0 aliphatic heterocycles. The normalized spacial score (nSPS) is 13.0. The number of hydrogen-bond acceptors (Lipinski definition) is 3. The molecule has 0 fully saturated rings. The number of halogens is 1. The van der Waals surface area contributed by atoms with Gasteiger partial charge in [-0.3, -0.25) is 0 Å². The maximum atomic E-state index is 12.0. The van der Waals surface area contributed by atoms with Gasteiger partial charge in [-0.1, -0.05) is 17.7 Å². The van der Waals surface area contributed by atoms with E-state index in [2.05, 4.69) is 11.3 Å². The Hall–Kier alpha value is -1.37. The third-order valence-electron chi connectivity index (χ3n) is 2.55. The highest BCUT2D eigenvalue weighted by atomic mass is 35.5. The molecule has 1 aromatic rings. The van der Waals surface area contributed by atoms with Crippen molar-refractivity contribution in [2.45, 2.75) is 24.8 Å². The molecule has 0 heterocycles. The number of rotatable bonds is 5. The van der Waals surface area contributed by atoms with Gasteiger partial charge in [-0.15, -0.1) is 6.58 Å². The van der Waals surface area contributed by atoms with E-state index in [0.717, 1.165) is 6.07 Å². The molecular formula is C12H14ClNO4S. The van der Waals surface area contributed by atoms with Crippen molar-refractivity contribution in [1.29, 1.82) is 0 Å². The van der Waals surface area contributed by atoms with E-state index in [0.29, 0.717) is 5.56 Å². The van der Waals surface area contributed by atoms with Gasteiger partial charge in [0.05, 0.1) is 10.5 Å². The van der Waals surface area contributed by atoms with Gasteiger partial charge in [0.1, 0.15) is 0 Å². The van der Waals surface area contributed by atoms with Crippen LogP contribution in [0.3, 0.4) is 0 Å². The Morgan fingerprint density at radius 3 is 2.58 bits per heavy atom. The minimum absolute atomic E-state index is 0.0894. The van der Waals surface area contributed by atoms with Crippen molar-refractivity contribution >= 4 is 27.6 Å². The molecule has 1 rings (SSSR count). The monoisotopic (exact) mass is 303 g/mol. The minimum atomic E-state index is -3.84. The fourth-order valence-corrected chi connectivity index (χ4v) is 2.94. The largest absolute Gasteiger partial charge is 0.478 e. The van der Waals surface area contributed by atoms with Gasteiger partial charge in [0.2, 0.25) is 10.0 Å². The Bertz CT molecular complexity index is 625. The lowest BCUT2D eigenvalue weighted by Gasteiger charge is -2.12. The van der Waals surface area contributed by atoms with Crippen molar-refractivity contribution in [3.8, 4) is 0 Å². The van der Waals surface area contributed by atoms with Gasteiger partial charge in [-0.25, -0.2) is 17.9 Å². The first-order valence-electron chi connectivity index (χ1n) is 5.37. The number of aromatic carboxylic acids is 1. The molecule has 0 radical (unpaired) electrons. The maximum absolute atomic E-state index is 12.0. The topological polar surface area (TPSA) is 83.5 Å². The van der Waals surface area contributed by atoms with Crippen molar-refractivity contribution in [3.63, 3.8) is 0 Å². The summed E-state index contributed by atoms with van der Waals surface area (Å²) in [4.78, 5) is 10.9. The van der Waals surface area contributed by atoms with Gasteiger partial charge in [-0.2, -0.15) is 0 Å². The molecule has 0 saturated carbocycles. The van der Waals surface area contributed by atoms with Crippen LogP contribution >= 0.6 is 11.6 Å². The smallest absolute Gasteiger partial charge is 0.336 e. The van der Waals surface area contributed by atoms with Gasteiger partial charge in [0, 0.05) is 11.1 Å². The summed E-state index contributed by atoms with van der Waals surface area (Å²) in [5, 5.41) is 9.11. The molecule has 5 nitrogen and oxygen atoms in total. The second-order valence-electron chi connectivity index (χ2n) is 4.03. The van der Waals surface area contributed by atoms with Crippen LogP contribution in [-0.2, 0) is 10.0 Å². The van der Waals surface area contributed by atoms with Crippen LogP contribution in [0.4, 0.5) is 0 Å². The van der Waals surface area contributed by atoms with Crippen LogP contribution in [-0.4, -0.2) is 25.5 Å². The van der Waals surface area contributed by atoms with Crippen LogP contribution in [0, 0.1) is 6.92 Å². The van der Waals surface area contributed by atoms with E-state index < -0.39 is 22.0 Å². The lowest BCUT2D eigenvalue weighted by atomic mass is 10.1. The third-order valence-corrected chi connectivity index (χ3v) is 4.48. The predicted octanol–water partition coefficient (Wildman–Crippen LogP) is 2.20. The Kier molecular flexibility index (Phi) is 4.73. The average Bonchev–Trinajstić information content (AvgIpc) is 2.31. The average molecular weight is 304 g/mol. The van der Waals surface area contributed by atoms with Gasteiger partial charge in [0.15, 0.2) is 0 Å². The van der Waals surface area contributed by atoms with Crippen molar-refractivity contribution in [2.75, 3.05) is 0 Å². The summed E-state index contributed by atoms with van der Waals surface area (Å²) in [6.45, 7) is 6.59. The Morgan fingerprint density at radius 1 is 1.53 bits per heavy atom. The minimum Gasteiger partial charge on any atom is -0.478 e. The zero-order chi connectivity index (χ0) is 14.8. The highest BCUT2D eigenvalue weighted by molar-refractivity contribution is 7.89. The highest BCUT2D eigenvalue weighted by Gasteiger charge is 2.21. The molecule has 1 atom stereocenters. The molecule has 0 spiro atoms. The number of carboxylic acid groups (broad SMARTS) is 1. The number of sulfonamides is 1. The molecule has 0 aliphatic rings. The van der Waals surface area contributed by atoms with Gasteiger partial charge in [0.25, 0.3) is 0 Å². The second kappa shape index (κ2) is 5.73. The summed E-state index contributed by atoms with van der Waals surface area (Å²) >= 11 is 5.86. The molecule has 19 heavy (non-hydrogen) atoms. The van der Waals surface area contributed by atoms with Crippen LogP contribution in [0.5, 0.6) is 0 Å². The molecule has 2 N–H and O–H groups in total. The number of hydrogen-bond donors (Lipinski definition) is 2. The van der Waals surface area contributed by atoms with E-state index >= 15 is 0 Å². The molecule has 0 aliphatic carbocycles. The zero-order valence-electron chi connectivity index (χ0n) is 10.5. The van der Waals surface area contributed by atoms with Crippen molar-refractivity contribution in [3.05, 3.63) is 40.9 Å². The molecule has 104 valence electrons. The maximum Gasteiger partial charge on any atom is 0.336 e. The van der Waals surface area contributed by atoms with Crippen LogP contribution in [0.1, 0.15) is 22.8 Å². The van der Waals surface area contributed by atoms with Crippen molar-refractivity contribution < 1.29 is 18.3 Å². The number of carboxylic acids is 1. The fraction of sp³-hybridized carbons (Fsp3) is 0.250. The quantitative estimate of drug-likeness (QED) is 0.817. The molecule has 0 saturated heterocycles. The predicted molar refractivity (Wildman–Crippen MR) is 73.1 cm³/mol. The van der Waals surface area contributed by atoms with Gasteiger partial charge in [-0.05, 0) is 31.5 Å². The van der Waals surface area contributed by atoms with Crippen molar-refractivity contribution in [2.24, 2.45) is 0 Å². The summed E-state index contributed by atoms with van der Waals surface area (Å²) < 4.78 is 26.4. The number of carbonyl (C=O) groups is 1. The van der Waals surface area contributed by atoms with E-state index in [4.69, 9.17) is 16.7 Å². The van der Waals surface area contributed by atoms with Gasteiger partial charge >= 0.3 is 5.97 Å². The van der Waals surface area contributed by atoms with Crippen molar-refractivity contribution in [1.82, 2.24) is 4.72 Å². The SMILES string of the molecule is C=CC(C)NS(=O)(=O)c1cc(Cl)c(C)c(C(=O)O)c1. The molecule has 0 amide bonds. The van der Waals surface area contributed by atoms with E-state index in [1.54, 1.807) is 6.92 Å². The molecule has 1 unspecified atom stereocenters. The van der Waals surface area contributed by atoms with E-state index in [9.17, 15) is 13.2 Å². The lowest BCUT2D eigenvalue weighted by molar-refractivity contribution is 0.0696. The molecule has 0 aromatic heterocycles. The third kappa shape index (κ3) is 3.56. The van der Waals surface area contributed by atoms with Crippen LogP contribution in [0.2, 0.25) is 5.02 Å². The molecule has 7 heteroatoms. The molecule has 1 aromatic carbocycles. The van der Waals surface area contributed by atoms with Crippen LogP contribution < -0.4 is 4.72 Å². The van der Waals surface area contributed by atoms with Gasteiger partial charge < -0.3 is 5.11 Å². The Morgan fingerprint density at radius 2 is 2.11 bits per heavy atom. The summed E-state index contributed by atoms with van der Waals surface area (Å²) in [6.07, 6.45) is 1.42. The summed E-state index contributed by atoms with van der Waals surface area (Å²) in [7, 11) is -3.84. The molecular weight excluding hydrogens is 290 g/mol. The summed E-state index contributed by atoms with van der Waals surface area (Å²) in [5.74, 6) is -1.23. The highest BCUT2D eigenvalue weighted by Crippen LogP contribution is 2.24. The number of benzene rings is 1. The first-order chi connectivity index (χ1) is 8.69. The van der Waals surface area contributed by atoms with Crippen LogP contribution in [0.25, 0.3) is 0 Å². The standard InChI is InChI=1S/C12H14ClNO4S/c1-4-7(2)14-19(17,18)9-5-10(12(15)16)8(3)11(13)6-9/h4-7,14H,1H2,2-3H3,(H,15,16). The number of nitrogens with one attached hydrogen (secondary N) is 1. The fourth-order valence-electron chi connectivity index (χ4n) is 1.39. The Labute approximate surface area is 117 Å². The molecule has 0 bridgehead atoms. The second-order valence-corrected chi connectivity index (χ2v) is 6.15. The zero-order valence-corrected chi connectivity index (χ0v) is 12.0. The van der Waals surface area contributed by atoms with E-state index in [-0.39, 0.29) is 15.5 Å². The van der Waals surface area contributed by atoms with Crippen LogP contribution in [0.15, 0.2) is 29.7 Å². The summed E-state index contributed by atoms with van der Waals surface area (Å²) in [6, 6.07) is 1.83. The van der Waals surface area contributed by atoms with E-state index in [1.807, 2.05) is 0 Å². The Balaban J connectivity index is 3.36. The first kappa shape index (κ1) is 15.7.